The van der Waals surface area contributed by atoms with E-state index >= 15 is 0 Å². The van der Waals surface area contributed by atoms with Crippen LogP contribution in [-0.4, -0.2) is 30.8 Å². The summed E-state index contributed by atoms with van der Waals surface area (Å²) >= 11 is 3.94. The Morgan fingerprint density at radius 1 is 0.960 bits per heavy atom. The minimum atomic E-state index is -0.0694. The van der Waals surface area contributed by atoms with E-state index < -0.39 is 0 Å². The highest BCUT2D eigenvalue weighted by molar-refractivity contribution is 8.16. The van der Waals surface area contributed by atoms with Crippen LogP contribution >= 0.6 is 23.5 Å². The number of hydrogen-bond acceptors (Lipinski definition) is 6. The van der Waals surface area contributed by atoms with Gasteiger partial charge in [0.25, 0.3) is 0 Å². The summed E-state index contributed by atoms with van der Waals surface area (Å²) in [6.07, 6.45) is 1.26. The van der Waals surface area contributed by atoms with Crippen molar-refractivity contribution >= 4 is 23.5 Å². The summed E-state index contributed by atoms with van der Waals surface area (Å²) in [5.41, 5.74) is 1.97. The topological polar surface area (TPSA) is 47.9 Å². The van der Waals surface area contributed by atoms with Crippen LogP contribution in [0, 0.1) is 0 Å². The maximum absolute atomic E-state index is 9.42. The zero-order valence-electron chi connectivity index (χ0n) is 14.4. The summed E-state index contributed by atoms with van der Waals surface area (Å²) < 4.78 is 17.2. The highest BCUT2D eigenvalue weighted by Crippen LogP contribution is 2.46. The molecule has 0 unspecified atom stereocenters. The third kappa shape index (κ3) is 4.57. The lowest BCUT2D eigenvalue weighted by Gasteiger charge is -2.22. The summed E-state index contributed by atoms with van der Waals surface area (Å²) in [7, 11) is 3.23. The Morgan fingerprint density at radius 3 is 2.40 bits per heavy atom. The lowest BCUT2D eigenvalue weighted by molar-refractivity contribution is 0.280. The largest absolute Gasteiger partial charge is 0.497 e. The van der Waals surface area contributed by atoms with Gasteiger partial charge in [0.1, 0.15) is 11.5 Å². The number of methoxy groups -OCH3 is 2. The lowest BCUT2D eigenvalue weighted by atomic mass is 10.2. The Morgan fingerprint density at radius 2 is 1.72 bits per heavy atom. The number of thioether (sulfide) groups is 2. The van der Waals surface area contributed by atoms with Gasteiger partial charge >= 0.3 is 0 Å². The van der Waals surface area contributed by atoms with E-state index in [1.807, 2.05) is 35.7 Å². The van der Waals surface area contributed by atoms with Gasteiger partial charge in [0.15, 0.2) is 11.5 Å². The van der Waals surface area contributed by atoms with Gasteiger partial charge in [-0.3, -0.25) is 0 Å². The monoisotopic (exact) mass is 378 g/mol. The molecule has 0 spiro atoms. The third-order valence-electron chi connectivity index (χ3n) is 3.87. The van der Waals surface area contributed by atoms with E-state index in [1.54, 1.807) is 32.4 Å². The highest BCUT2D eigenvalue weighted by Gasteiger charge is 2.19. The van der Waals surface area contributed by atoms with Gasteiger partial charge in [0.2, 0.25) is 0 Å². The van der Waals surface area contributed by atoms with Crippen LogP contribution in [0.5, 0.6) is 23.0 Å². The fourth-order valence-corrected chi connectivity index (χ4v) is 5.50. The molecule has 1 heterocycles. The van der Waals surface area contributed by atoms with Crippen molar-refractivity contribution < 1.29 is 19.3 Å². The summed E-state index contributed by atoms with van der Waals surface area (Å²) in [4.78, 5) is 0. The second-order valence-electron chi connectivity index (χ2n) is 5.61. The van der Waals surface area contributed by atoms with E-state index in [0.717, 1.165) is 5.56 Å². The SMILES string of the molecule is COc1cc(CO)cc(Oc2cc(C3SCCCS3)ccc2OC)c1. The molecular formula is C19H22O4S2. The van der Waals surface area contributed by atoms with Crippen LogP contribution in [0.15, 0.2) is 36.4 Å². The number of ether oxygens (including phenoxy) is 3. The van der Waals surface area contributed by atoms with E-state index in [2.05, 4.69) is 6.07 Å². The molecule has 0 bridgehead atoms. The molecule has 1 N–H and O–H groups in total. The average Bonchev–Trinajstić information content (AvgIpc) is 2.68. The molecule has 0 amide bonds. The Kier molecular flexibility index (Phi) is 6.39. The Hall–Kier alpha value is -1.50. The summed E-state index contributed by atoms with van der Waals surface area (Å²) in [6, 6.07) is 11.5. The van der Waals surface area contributed by atoms with Gasteiger partial charge in [-0.1, -0.05) is 6.07 Å². The van der Waals surface area contributed by atoms with Crippen LogP contribution in [0.1, 0.15) is 22.1 Å². The predicted molar refractivity (Wildman–Crippen MR) is 104 cm³/mol. The molecule has 2 aromatic rings. The summed E-state index contributed by atoms with van der Waals surface area (Å²) in [5, 5.41) is 9.42. The number of benzene rings is 2. The van der Waals surface area contributed by atoms with Crippen molar-refractivity contribution in [2.24, 2.45) is 0 Å². The first-order chi connectivity index (χ1) is 12.2. The highest BCUT2D eigenvalue weighted by atomic mass is 32.2. The van der Waals surface area contributed by atoms with Gasteiger partial charge in [0, 0.05) is 6.07 Å². The maximum Gasteiger partial charge on any atom is 0.169 e. The van der Waals surface area contributed by atoms with Crippen molar-refractivity contribution in [1.29, 1.82) is 0 Å². The standard InChI is InChI=1S/C19H22O4S2/c1-21-15-8-13(12-20)9-16(11-15)23-18-10-14(4-5-17(18)22-2)19-24-6-3-7-25-19/h4-5,8-11,19-20H,3,6-7,12H2,1-2H3. The van der Waals surface area contributed by atoms with Crippen molar-refractivity contribution in [3.63, 3.8) is 0 Å². The second-order valence-corrected chi connectivity index (χ2v) is 8.34. The molecule has 0 aromatic heterocycles. The molecule has 6 heteroatoms. The first kappa shape index (κ1) is 18.3. The number of hydrogen-bond donors (Lipinski definition) is 1. The summed E-state index contributed by atoms with van der Waals surface area (Å²) in [5.74, 6) is 5.00. The molecule has 3 rings (SSSR count). The first-order valence-electron chi connectivity index (χ1n) is 8.11. The van der Waals surface area contributed by atoms with Crippen LogP contribution in [0.2, 0.25) is 0 Å². The molecule has 0 radical (unpaired) electrons. The Balaban J connectivity index is 1.90. The normalized spacial score (nSPS) is 15.0. The molecule has 1 aliphatic heterocycles. The van der Waals surface area contributed by atoms with Gasteiger partial charge < -0.3 is 19.3 Å². The van der Waals surface area contributed by atoms with Crippen LogP contribution in [0.25, 0.3) is 0 Å². The van der Waals surface area contributed by atoms with E-state index in [4.69, 9.17) is 14.2 Å². The third-order valence-corrected chi connectivity index (χ3v) is 6.89. The lowest BCUT2D eigenvalue weighted by Crippen LogP contribution is -2.01. The van der Waals surface area contributed by atoms with E-state index in [9.17, 15) is 5.11 Å². The minimum absolute atomic E-state index is 0.0694. The molecule has 1 fully saturated rings. The van der Waals surface area contributed by atoms with Gasteiger partial charge in [-0.25, -0.2) is 0 Å². The van der Waals surface area contributed by atoms with Gasteiger partial charge in [-0.15, -0.1) is 23.5 Å². The average molecular weight is 379 g/mol. The number of aliphatic hydroxyl groups excluding tert-OH is 1. The van der Waals surface area contributed by atoms with E-state index in [-0.39, 0.29) is 6.61 Å². The van der Waals surface area contributed by atoms with Gasteiger partial charge in [-0.2, -0.15) is 0 Å². The molecule has 25 heavy (non-hydrogen) atoms. The van der Waals surface area contributed by atoms with Crippen molar-refractivity contribution in [1.82, 2.24) is 0 Å². The van der Waals surface area contributed by atoms with E-state index in [0.29, 0.717) is 27.6 Å². The zero-order chi connectivity index (χ0) is 17.6. The molecule has 1 saturated heterocycles. The minimum Gasteiger partial charge on any atom is -0.497 e. The van der Waals surface area contributed by atoms with Crippen LogP contribution in [-0.2, 0) is 6.61 Å². The number of rotatable bonds is 6. The molecule has 2 aromatic carbocycles. The van der Waals surface area contributed by atoms with Crippen molar-refractivity contribution in [3.05, 3.63) is 47.5 Å². The van der Waals surface area contributed by atoms with Crippen molar-refractivity contribution in [2.45, 2.75) is 17.6 Å². The molecule has 4 nitrogen and oxygen atoms in total. The molecular weight excluding hydrogens is 356 g/mol. The van der Waals surface area contributed by atoms with Gasteiger partial charge in [0.05, 0.1) is 25.4 Å². The quantitative estimate of drug-likeness (QED) is 0.775. The van der Waals surface area contributed by atoms with Crippen LogP contribution in [0.3, 0.4) is 0 Å². The van der Waals surface area contributed by atoms with Crippen LogP contribution in [0.4, 0.5) is 0 Å². The summed E-state index contributed by atoms with van der Waals surface area (Å²) in [6.45, 7) is -0.0694. The Labute approximate surface area is 156 Å². The van der Waals surface area contributed by atoms with Crippen LogP contribution < -0.4 is 14.2 Å². The second kappa shape index (κ2) is 8.74. The molecule has 134 valence electrons. The predicted octanol–water partition coefficient (Wildman–Crippen LogP) is 4.86. The fraction of sp³-hybridized carbons (Fsp3) is 0.368. The Bertz CT molecular complexity index is 692. The van der Waals surface area contributed by atoms with Crippen molar-refractivity contribution in [3.8, 4) is 23.0 Å². The fourth-order valence-electron chi connectivity index (χ4n) is 2.63. The zero-order valence-corrected chi connectivity index (χ0v) is 16.0. The molecule has 1 aliphatic rings. The first-order valence-corrected chi connectivity index (χ1v) is 10.2. The molecule has 0 aliphatic carbocycles. The van der Waals surface area contributed by atoms with E-state index in [1.165, 1.54) is 23.5 Å². The van der Waals surface area contributed by atoms with Gasteiger partial charge in [-0.05, 0) is 53.3 Å². The number of aliphatic hydroxyl groups is 1. The van der Waals surface area contributed by atoms with Crippen molar-refractivity contribution in [2.75, 3.05) is 25.7 Å². The molecule has 0 atom stereocenters. The maximum atomic E-state index is 9.42. The smallest absolute Gasteiger partial charge is 0.169 e. The molecule has 0 saturated carbocycles.